The van der Waals surface area contributed by atoms with Crippen LogP contribution in [0, 0.1) is 10.1 Å². The standard InChI is InChI=1S/C20H22N4O4/c1-20(2)14-23(19(25)28-13-15-8-4-3-5-9-15)18(22-20)21-12-16-10-6-7-11-17(16)24(26)27/h3-11H,12-14H2,1-2H3,(H,21,22). The van der Waals surface area contributed by atoms with Crippen molar-refractivity contribution < 1.29 is 14.5 Å². The predicted molar refractivity (Wildman–Crippen MR) is 105 cm³/mol. The number of carbonyl (C=O) groups excluding carboxylic acids is 1. The van der Waals surface area contributed by atoms with Gasteiger partial charge >= 0.3 is 6.09 Å². The number of ether oxygens (including phenoxy) is 1. The van der Waals surface area contributed by atoms with E-state index in [9.17, 15) is 14.9 Å². The molecule has 1 aliphatic heterocycles. The second-order valence-electron chi connectivity index (χ2n) is 7.16. The zero-order valence-corrected chi connectivity index (χ0v) is 15.8. The third-order valence-corrected chi connectivity index (χ3v) is 4.27. The van der Waals surface area contributed by atoms with Gasteiger partial charge in [-0.1, -0.05) is 48.5 Å². The first-order valence-electron chi connectivity index (χ1n) is 8.89. The summed E-state index contributed by atoms with van der Waals surface area (Å²) in [7, 11) is 0. The largest absolute Gasteiger partial charge is 0.444 e. The van der Waals surface area contributed by atoms with E-state index in [1.54, 1.807) is 18.2 Å². The Balaban J connectivity index is 1.74. The fourth-order valence-electron chi connectivity index (χ4n) is 2.94. The average Bonchev–Trinajstić information content (AvgIpc) is 3.00. The molecule has 0 aromatic heterocycles. The molecule has 0 bridgehead atoms. The Bertz CT molecular complexity index is 896. The Morgan fingerprint density at radius 2 is 1.89 bits per heavy atom. The molecule has 1 N–H and O–H groups in total. The SMILES string of the molecule is CC1(C)CN(C(=O)OCc2ccccc2)C(=NCc2ccccc2[N+](=O)[O-])N1. The van der Waals surface area contributed by atoms with Gasteiger partial charge in [-0.05, 0) is 19.4 Å². The topological polar surface area (TPSA) is 97.1 Å². The lowest BCUT2D eigenvalue weighted by atomic mass is 10.1. The van der Waals surface area contributed by atoms with Crippen molar-refractivity contribution in [1.29, 1.82) is 0 Å². The Morgan fingerprint density at radius 1 is 1.21 bits per heavy atom. The van der Waals surface area contributed by atoms with Crippen molar-refractivity contribution in [3.05, 3.63) is 75.8 Å². The van der Waals surface area contributed by atoms with Crippen LogP contribution in [0.2, 0.25) is 0 Å². The Labute approximate surface area is 163 Å². The number of amides is 1. The molecule has 1 fully saturated rings. The van der Waals surface area contributed by atoms with Gasteiger partial charge in [-0.2, -0.15) is 0 Å². The van der Waals surface area contributed by atoms with E-state index < -0.39 is 11.0 Å². The zero-order valence-electron chi connectivity index (χ0n) is 15.8. The first-order chi connectivity index (χ1) is 13.4. The Hall–Kier alpha value is -3.42. The van der Waals surface area contributed by atoms with Crippen molar-refractivity contribution in [3.63, 3.8) is 0 Å². The summed E-state index contributed by atoms with van der Waals surface area (Å²) >= 11 is 0. The van der Waals surface area contributed by atoms with Crippen molar-refractivity contribution in [2.75, 3.05) is 6.54 Å². The number of nitrogens with zero attached hydrogens (tertiary/aromatic N) is 3. The van der Waals surface area contributed by atoms with Gasteiger partial charge in [0, 0.05) is 6.07 Å². The van der Waals surface area contributed by atoms with E-state index in [1.807, 2.05) is 44.2 Å². The predicted octanol–water partition coefficient (Wildman–Crippen LogP) is 3.47. The summed E-state index contributed by atoms with van der Waals surface area (Å²) in [5.74, 6) is 0.348. The second-order valence-corrected chi connectivity index (χ2v) is 7.16. The zero-order chi connectivity index (χ0) is 20.1. The van der Waals surface area contributed by atoms with Crippen LogP contribution in [-0.2, 0) is 17.9 Å². The minimum Gasteiger partial charge on any atom is -0.444 e. The van der Waals surface area contributed by atoms with Crippen molar-refractivity contribution in [2.24, 2.45) is 4.99 Å². The molecule has 0 unspecified atom stereocenters. The highest BCUT2D eigenvalue weighted by molar-refractivity contribution is 5.96. The lowest BCUT2D eigenvalue weighted by Gasteiger charge is -2.17. The monoisotopic (exact) mass is 382 g/mol. The highest BCUT2D eigenvalue weighted by Gasteiger charge is 2.37. The van der Waals surface area contributed by atoms with Crippen molar-refractivity contribution >= 4 is 17.7 Å². The van der Waals surface area contributed by atoms with Gasteiger partial charge in [-0.25, -0.2) is 14.7 Å². The Kier molecular flexibility index (Phi) is 5.58. The number of nitro benzene ring substituents is 1. The van der Waals surface area contributed by atoms with Crippen molar-refractivity contribution in [2.45, 2.75) is 32.5 Å². The number of nitro groups is 1. The molecule has 3 rings (SSSR count). The number of hydrogen-bond donors (Lipinski definition) is 1. The number of hydrogen-bond acceptors (Lipinski definition) is 5. The minimum atomic E-state index is -0.511. The molecule has 146 valence electrons. The molecule has 8 nitrogen and oxygen atoms in total. The van der Waals surface area contributed by atoms with E-state index in [-0.39, 0.29) is 24.4 Å². The van der Waals surface area contributed by atoms with Gasteiger partial charge in [-0.15, -0.1) is 0 Å². The number of benzene rings is 2. The van der Waals surface area contributed by atoms with E-state index in [1.165, 1.54) is 11.0 Å². The maximum Gasteiger partial charge on any atom is 0.417 e. The summed E-state index contributed by atoms with van der Waals surface area (Å²) in [6.07, 6.45) is -0.511. The Morgan fingerprint density at radius 3 is 2.61 bits per heavy atom. The number of carbonyl (C=O) groups is 1. The first kappa shape index (κ1) is 19.3. The summed E-state index contributed by atoms with van der Waals surface area (Å²) in [4.78, 5) is 29.2. The third-order valence-electron chi connectivity index (χ3n) is 4.27. The van der Waals surface area contributed by atoms with Crippen molar-refractivity contribution in [1.82, 2.24) is 10.2 Å². The smallest absolute Gasteiger partial charge is 0.417 e. The van der Waals surface area contributed by atoms with Crippen LogP contribution in [0.25, 0.3) is 0 Å². The third kappa shape index (κ3) is 4.64. The number of nitrogens with one attached hydrogen (secondary N) is 1. The molecule has 0 saturated carbocycles. The molecule has 2 aromatic carbocycles. The summed E-state index contributed by atoms with van der Waals surface area (Å²) < 4.78 is 5.41. The molecular weight excluding hydrogens is 360 g/mol. The molecule has 0 aliphatic carbocycles. The number of para-hydroxylation sites is 1. The van der Waals surface area contributed by atoms with E-state index in [2.05, 4.69) is 10.3 Å². The van der Waals surface area contributed by atoms with Crippen LogP contribution in [0.5, 0.6) is 0 Å². The van der Waals surface area contributed by atoms with Crippen LogP contribution >= 0.6 is 0 Å². The van der Waals surface area contributed by atoms with Crippen LogP contribution < -0.4 is 5.32 Å². The van der Waals surface area contributed by atoms with Crippen LogP contribution in [0.4, 0.5) is 10.5 Å². The highest BCUT2D eigenvalue weighted by atomic mass is 16.6. The van der Waals surface area contributed by atoms with Gasteiger partial charge in [0.15, 0.2) is 0 Å². The van der Waals surface area contributed by atoms with Crippen LogP contribution in [0.1, 0.15) is 25.0 Å². The molecule has 0 atom stereocenters. The first-order valence-corrected chi connectivity index (χ1v) is 8.89. The lowest BCUT2D eigenvalue weighted by molar-refractivity contribution is -0.385. The maximum absolute atomic E-state index is 12.6. The number of guanidine groups is 1. The minimum absolute atomic E-state index is 0.00214. The number of rotatable bonds is 5. The fourth-order valence-corrected chi connectivity index (χ4v) is 2.94. The summed E-state index contributed by atoms with van der Waals surface area (Å²) in [6.45, 7) is 4.51. The second kappa shape index (κ2) is 8.08. The van der Waals surface area contributed by atoms with Crippen molar-refractivity contribution in [3.8, 4) is 0 Å². The molecule has 1 amide bonds. The van der Waals surface area contributed by atoms with Crippen LogP contribution in [0.3, 0.4) is 0 Å². The average molecular weight is 382 g/mol. The molecule has 1 heterocycles. The quantitative estimate of drug-likeness (QED) is 0.631. The van der Waals surface area contributed by atoms with E-state index in [0.717, 1.165) is 5.56 Å². The molecule has 1 saturated heterocycles. The number of aliphatic imine (C=N–C) groups is 1. The fraction of sp³-hybridized carbons (Fsp3) is 0.300. The lowest BCUT2D eigenvalue weighted by Crippen LogP contribution is -2.37. The van der Waals surface area contributed by atoms with Gasteiger partial charge in [0.25, 0.3) is 5.69 Å². The van der Waals surface area contributed by atoms with Gasteiger partial charge in [-0.3, -0.25) is 10.1 Å². The van der Waals surface area contributed by atoms with E-state index in [0.29, 0.717) is 18.1 Å². The van der Waals surface area contributed by atoms with Gasteiger partial charge in [0.1, 0.15) is 6.61 Å². The molecule has 0 spiro atoms. The van der Waals surface area contributed by atoms with Crippen LogP contribution in [0.15, 0.2) is 59.6 Å². The van der Waals surface area contributed by atoms with Crippen LogP contribution in [-0.4, -0.2) is 34.0 Å². The van der Waals surface area contributed by atoms with Gasteiger partial charge in [0.05, 0.1) is 29.1 Å². The van der Waals surface area contributed by atoms with E-state index >= 15 is 0 Å². The molecule has 28 heavy (non-hydrogen) atoms. The highest BCUT2D eigenvalue weighted by Crippen LogP contribution is 2.21. The summed E-state index contributed by atoms with van der Waals surface area (Å²) in [6, 6.07) is 15.8. The molecule has 2 aromatic rings. The maximum atomic E-state index is 12.6. The summed E-state index contributed by atoms with van der Waals surface area (Å²) in [5, 5.41) is 14.4. The van der Waals surface area contributed by atoms with Gasteiger partial charge < -0.3 is 10.1 Å². The van der Waals surface area contributed by atoms with Gasteiger partial charge in [0.2, 0.25) is 5.96 Å². The molecule has 0 radical (unpaired) electrons. The molecular formula is C20H22N4O4. The normalized spacial score (nSPS) is 16.6. The van der Waals surface area contributed by atoms with E-state index in [4.69, 9.17) is 4.74 Å². The molecule has 8 heteroatoms. The molecule has 1 aliphatic rings. The summed E-state index contributed by atoms with van der Waals surface area (Å²) in [5.41, 5.74) is 0.986.